The highest BCUT2D eigenvalue weighted by atomic mass is 79.9. The van der Waals surface area contributed by atoms with Gasteiger partial charge >= 0.3 is 0 Å². The van der Waals surface area contributed by atoms with E-state index < -0.39 is 0 Å². The Hall–Kier alpha value is -3.70. The quantitative estimate of drug-likeness (QED) is 0.148. The molecule has 12 aliphatic rings. The Bertz CT molecular complexity index is 2550. The lowest BCUT2D eigenvalue weighted by molar-refractivity contribution is -0.173. The summed E-state index contributed by atoms with van der Waals surface area (Å²) in [6.45, 7) is 10.2. The number of anilines is 1. The van der Waals surface area contributed by atoms with Crippen LogP contribution in [0, 0.1) is 11.8 Å². The fourth-order valence-corrected chi connectivity index (χ4v) is 15.4. The lowest BCUT2D eigenvalue weighted by atomic mass is 9.48. The molecule has 3 N–H and O–H groups in total. The third-order valence-electron chi connectivity index (χ3n) is 18.4. The molecule has 364 valence electrons. The Morgan fingerprint density at radius 1 is 0.594 bits per heavy atom. The lowest BCUT2D eigenvalue weighted by Gasteiger charge is -2.70. The number of fused-ring (bicyclic) bond motifs is 4. The molecule has 0 radical (unpaired) electrons. The van der Waals surface area contributed by atoms with Gasteiger partial charge < -0.3 is 16.0 Å². The van der Waals surface area contributed by atoms with E-state index in [4.69, 9.17) is 5.73 Å². The van der Waals surface area contributed by atoms with E-state index in [0.29, 0.717) is 60.2 Å². The number of nitrogens with zero attached hydrogens (tertiary/aromatic N) is 4. The number of rotatable bonds is 12. The van der Waals surface area contributed by atoms with Crippen LogP contribution in [0.2, 0.25) is 0 Å². The first-order chi connectivity index (χ1) is 33.6. The van der Waals surface area contributed by atoms with Gasteiger partial charge in [0.15, 0.2) is 0 Å². The van der Waals surface area contributed by atoms with Crippen molar-refractivity contribution in [1.29, 1.82) is 0 Å². The summed E-state index contributed by atoms with van der Waals surface area (Å²) in [6.07, 6.45) is 14.5. The number of halogens is 3. The highest BCUT2D eigenvalue weighted by molar-refractivity contribution is 9.10. The van der Waals surface area contributed by atoms with Crippen molar-refractivity contribution < 1.29 is 8.78 Å². The van der Waals surface area contributed by atoms with Crippen LogP contribution in [0.1, 0.15) is 124 Å². The minimum Gasteiger partial charge on any atom is -0.380 e. The standard InChI is InChI=1S/C30H36FN3.C24H24BrN.C6H13FN2/c1-20-13-27-26-6-3-2-5-23(26)14-28(27)29(34(20)30-15-21(16-30)17-30)22-7-9-24(10-8-22)32-25-18-33(19-25)12-4-11-31;1-15-10-21-20-5-3-2-4-18(20)11-22(21)23(17-6-8-19(25)9-7-17)26(15)24-12-16(13-24)14-24;7-2-1-3-9-4-6(8)5-9/h2-3,5-10,20-21,25,29,32H,4,11-19H2,1H3;2-9,15-16,23H,10-14H2,1H3;6H,1-5,8H2/t20-,21?,29-,30?;15-,16?,23-,24?;/m11./s1. The number of nitrogens with one attached hydrogen (secondary N) is 1. The highest BCUT2D eigenvalue weighted by Gasteiger charge is 2.64. The van der Waals surface area contributed by atoms with E-state index in [1.54, 1.807) is 22.3 Å². The molecule has 0 amide bonds. The molecule has 4 aromatic carbocycles. The largest absolute Gasteiger partial charge is 0.380 e. The molecule has 4 aromatic rings. The molecule has 4 bridgehead atoms. The van der Waals surface area contributed by atoms with Crippen LogP contribution in [0.5, 0.6) is 0 Å². The smallest absolute Gasteiger partial charge is 0.0906 e. The second kappa shape index (κ2) is 18.7. The summed E-state index contributed by atoms with van der Waals surface area (Å²) in [5.41, 5.74) is 23.3. The van der Waals surface area contributed by atoms with Crippen molar-refractivity contribution in [2.24, 2.45) is 17.6 Å². The van der Waals surface area contributed by atoms with Crippen LogP contribution in [0.25, 0.3) is 11.1 Å². The van der Waals surface area contributed by atoms with Crippen LogP contribution >= 0.6 is 15.9 Å². The van der Waals surface area contributed by atoms with Crippen LogP contribution in [0.15, 0.2) is 113 Å². The van der Waals surface area contributed by atoms with Crippen molar-refractivity contribution >= 4 is 32.8 Å². The van der Waals surface area contributed by atoms with Gasteiger partial charge in [-0.15, -0.1) is 0 Å². The van der Waals surface area contributed by atoms with E-state index in [1.807, 2.05) is 0 Å². The fourth-order valence-electron chi connectivity index (χ4n) is 15.1. The minimum absolute atomic E-state index is 0.203. The van der Waals surface area contributed by atoms with Gasteiger partial charge in [0, 0.05) is 78.6 Å². The van der Waals surface area contributed by atoms with E-state index in [2.05, 4.69) is 152 Å². The number of hydrogen-bond acceptors (Lipinski definition) is 6. The van der Waals surface area contributed by atoms with E-state index in [9.17, 15) is 8.78 Å². The molecule has 8 fully saturated rings. The Kier molecular flexibility index (Phi) is 12.6. The summed E-state index contributed by atoms with van der Waals surface area (Å²) in [4.78, 5) is 10.4. The molecular formula is C60H73BrF2N6. The van der Waals surface area contributed by atoms with E-state index in [1.165, 1.54) is 94.9 Å². The maximum Gasteiger partial charge on any atom is 0.0906 e. The molecule has 4 heterocycles. The maximum atomic E-state index is 12.4. The molecule has 9 heteroatoms. The third-order valence-corrected chi connectivity index (χ3v) is 19.0. The summed E-state index contributed by atoms with van der Waals surface area (Å²) in [5, 5.41) is 3.69. The Balaban J connectivity index is 0.000000124. The lowest BCUT2D eigenvalue weighted by Crippen LogP contribution is -2.71. The minimum atomic E-state index is -0.210. The summed E-state index contributed by atoms with van der Waals surface area (Å²) >= 11 is 3.62. The number of likely N-dealkylation sites (tertiary alicyclic amines) is 2. The summed E-state index contributed by atoms with van der Waals surface area (Å²) < 4.78 is 25.1. The summed E-state index contributed by atoms with van der Waals surface area (Å²) in [7, 11) is 0. The molecule has 4 aliphatic heterocycles. The maximum absolute atomic E-state index is 12.4. The van der Waals surface area contributed by atoms with Gasteiger partial charge in [0.05, 0.1) is 31.5 Å². The van der Waals surface area contributed by atoms with Gasteiger partial charge in [0.2, 0.25) is 0 Å². The van der Waals surface area contributed by atoms with Crippen molar-refractivity contribution in [1.82, 2.24) is 19.6 Å². The van der Waals surface area contributed by atoms with Gasteiger partial charge in [0.25, 0.3) is 0 Å². The van der Waals surface area contributed by atoms with Crippen LogP contribution in [0.3, 0.4) is 0 Å². The first-order valence-corrected chi connectivity index (χ1v) is 27.5. The second-order valence-electron chi connectivity index (χ2n) is 23.2. The average Bonchev–Trinajstić information content (AvgIpc) is 3.83. The fraction of sp³-hybridized carbons (Fsp3) is 0.533. The summed E-state index contributed by atoms with van der Waals surface area (Å²) in [5.74, 6) is 2.01. The zero-order valence-corrected chi connectivity index (χ0v) is 42.6. The second-order valence-corrected chi connectivity index (χ2v) is 24.1. The summed E-state index contributed by atoms with van der Waals surface area (Å²) in [6, 6.07) is 39.6. The van der Waals surface area contributed by atoms with Gasteiger partial charge in [-0.05, 0) is 183 Å². The Labute approximate surface area is 418 Å². The first-order valence-electron chi connectivity index (χ1n) is 26.7. The van der Waals surface area contributed by atoms with Crippen LogP contribution in [0.4, 0.5) is 14.5 Å². The van der Waals surface area contributed by atoms with Gasteiger partial charge in [-0.2, -0.15) is 0 Å². The van der Waals surface area contributed by atoms with Gasteiger partial charge in [-0.1, -0.05) is 88.7 Å². The molecule has 0 unspecified atom stereocenters. The van der Waals surface area contributed by atoms with Gasteiger partial charge in [-0.3, -0.25) is 23.5 Å². The van der Waals surface area contributed by atoms with Gasteiger partial charge in [-0.25, -0.2) is 0 Å². The zero-order valence-electron chi connectivity index (χ0n) is 41.0. The molecule has 0 spiro atoms. The number of benzene rings is 4. The predicted molar refractivity (Wildman–Crippen MR) is 282 cm³/mol. The Morgan fingerprint density at radius 3 is 1.45 bits per heavy atom. The van der Waals surface area contributed by atoms with Crippen LogP contribution < -0.4 is 11.1 Å². The Morgan fingerprint density at radius 2 is 1.03 bits per heavy atom. The molecule has 6 nitrogen and oxygen atoms in total. The van der Waals surface area contributed by atoms with E-state index in [-0.39, 0.29) is 13.3 Å². The topological polar surface area (TPSA) is 51.0 Å². The van der Waals surface area contributed by atoms with E-state index >= 15 is 0 Å². The third kappa shape index (κ3) is 8.41. The van der Waals surface area contributed by atoms with E-state index in [0.717, 1.165) is 63.9 Å². The number of nitrogens with two attached hydrogens (primary N) is 1. The number of alkyl halides is 2. The molecule has 8 aliphatic carbocycles. The SMILES string of the molecule is C[C@@H]1CC2=C(Cc3ccccc32)[C@@H](c2ccc(Br)cc2)N1C12CC(C1)C2.C[C@@H]1CC2=C(Cc3ccccc32)[C@@H](c2ccc(NC3CN(CCCF)C3)cc2)N1C12CC(C1)C2.NC1CN(CCCF)C1. The molecule has 69 heavy (non-hydrogen) atoms. The molecule has 0 aromatic heterocycles. The van der Waals surface area contributed by atoms with Crippen LogP contribution in [-0.4, -0.2) is 107 Å². The van der Waals surface area contributed by atoms with Crippen molar-refractivity contribution in [2.45, 2.75) is 138 Å². The predicted octanol–water partition coefficient (Wildman–Crippen LogP) is 12.0. The number of hydrogen-bond donors (Lipinski definition) is 2. The van der Waals surface area contributed by atoms with Crippen molar-refractivity contribution in [3.05, 3.63) is 146 Å². The zero-order chi connectivity index (χ0) is 47.0. The van der Waals surface area contributed by atoms with Crippen molar-refractivity contribution in [3.63, 3.8) is 0 Å². The first kappa shape index (κ1) is 46.4. The molecule has 4 atom stereocenters. The van der Waals surface area contributed by atoms with Crippen LogP contribution in [-0.2, 0) is 12.8 Å². The normalized spacial score (nSPS) is 32.0. The highest BCUT2D eigenvalue weighted by Crippen LogP contribution is 2.67. The van der Waals surface area contributed by atoms with Gasteiger partial charge in [0.1, 0.15) is 0 Å². The molecular weight excluding hydrogens is 923 g/mol. The molecule has 6 saturated carbocycles. The monoisotopic (exact) mass is 995 g/mol. The average molecular weight is 996 g/mol. The molecule has 16 rings (SSSR count). The molecule has 2 saturated heterocycles. The van der Waals surface area contributed by atoms with Crippen molar-refractivity contribution in [3.8, 4) is 0 Å². The van der Waals surface area contributed by atoms with Crippen molar-refractivity contribution in [2.75, 3.05) is 57.9 Å².